The summed E-state index contributed by atoms with van der Waals surface area (Å²) >= 11 is 3.26. The predicted molar refractivity (Wildman–Crippen MR) is 74.5 cm³/mol. The van der Waals surface area contributed by atoms with Gasteiger partial charge in [-0.15, -0.1) is 0 Å². The summed E-state index contributed by atoms with van der Waals surface area (Å²) in [6.45, 7) is 2.51. The van der Waals surface area contributed by atoms with E-state index in [1.54, 1.807) is 36.5 Å². The number of benzene rings is 1. The molecular formula is C14H12BrNO3. The smallest absolute Gasteiger partial charge is 0.345 e. The van der Waals surface area contributed by atoms with Crippen LogP contribution in [0, 0.1) is 0 Å². The number of hydrogen-bond donors (Lipinski definition) is 0. The summed E-state index contributed by atoms with van der Waals surface area (Å²) in [5.74, 6) is 0.762. The van der Waals surface area contributed by atoms with Gasteiger partial charge >= 0.3 is 5.97 Å². The number of aromatic nitrogens is 1. The lowest BCUT2D eigenvalue weighted by atomic mass is 10.3. The third kappa shape index (κ3) is 3.79. The molecule has 0 unspecified atom stereocenters. The maximum atomic E-state index is 11.9. The number of nitrogens with zero attached hydrogens (tertiary/aromatic N) is 1. The van der Waals surface area contributed by atoms with E-state index in [-0.39, 0.29) is 0 Å². The van der Waals surface area contributed by atoms with Crippen LogP contribution >= 0.6 is 15.9 Å². The van der Waals surface area contributed by atoms with Crippen molar-refractivity contribution in [2.24, 2.45) is 0 Å². The molecule has 2 aromatic rings. The third-order valence-electron chi connectivity index (χ3n) is 2.29. The highest BCUT2D eigenvalue weighted by atomic mass is 79.9. The molecule has 1 aromatic heterocycles. The molecule has 0 aliphatic rings. The van der Waals surface area contributed by atoms with Gasteiger partial charge in [0, 0.05) is 16.9 Å². The first-order valence-electron chi connectivity index (χ1n) is 5.74. The van der Waals surface area contributed by atoms with Crippen molar-refractivity contribution in [1.29, 1.82) is 0 Å². The average molecular weight is 322 g/mol. The van der Waals surface area contributed by atoms with Crippen molar-refractivity contribution < 1.29 is 14.3 Å². The first-order chi connectivity index (χ1) is 9.19. The van der Waals surface area contributed by atoms with Gasteiger partial charge in [0.2, 0.25) is 0 Å². The summed E-state index contributed by atoms with van der Waals surface area (Å²) in [6.07, 6.45) is 3.06. The summed E-state index contributed by atoms with van der Waals surface area (Å²) in [4.78, 5) is 15.8. The van der Waals surface area contributed by atoms with Gasteiger partial charge < -0.3 is 9.47 Å². The van der Waals surface area contributed by atoms with Crippen molar-refractivity contribution in [1.82, 2.24) is 4.98 Å². The van der Waals surface area contributed by atoms with E-state index >= 15 is 0 Å². The molecule has 4 nitrogen and oxygen atoms in total. The van der Waals surface area contributed by atoms with Crippen LogP contribution in [0.2, 0.25) is 0 Å². The molecule has 0 fully saturated rings. The Labute approximate surface area is 119 Å². The Kier molecular flexibility index (Phi) is 4.52. The fraction of sp³-hybridized carbons (Fsp3) is 0.143. The third-order valence-corrected chi connectivity index (χ3v) is 2.72. The number of hydrogen-bond acceptors (Lipinski definition) is 4. The molecule has 98 valence electrons. The second-order valence-electron chi connectivity index (χ2n) is 3.69. The largest absolute Gasteiger partial charge is 0.494 e. The molecule has 0 saturated carbocycles. The Morgan fingerprint density at radius 3 is 2.53 bits per heavy atom. The maximum Gasteiger partial charge on any atom is 0.345 e. The molecule has 1 heterocycles. The van der Waals surface area contributed by atoms with E-state index in [0.717, 1.165) is 10.2 Å². The SMILES string of the molecule is CCOc1ccc(OC(=O)c2cncc(Br)c2)cc1. The number of carbonyl (C=O) groups is 1. The number of halogens is 1. The van der Waals surface area contributed by atoms with Crippen molar-refractivity contribution in [3.63, 3.8) is 0 Å². The average Bonchev–Trinajstić information content (AvgIpc) is 2.41. The van der Waals surface area contributed by atoms with Gasteiger partial charge in [-0.05, 0) is 53.2 Å². The first kappa shape index (κ1) is 13.5. The summed E-state index contributed by atoms with van der Waals surface area (Å²) in [5, 5.41) is 0. The topological polar surface area (TPSA) is 48.4 Å². The monoisotopic (exact) mass is 321 g/mol. The Morgan fingerprint density at radius 2 is 1.89 bits per heavy atom. The summed E-state index contributed by atoms with van der Waals surface area (Å²) in [5.41, 5.74) is 0.392. The van der Waals surface area contributed by atoms with Gasteiger partial charge in [0.05, 0.1) is 12.2 Å². The highest BCUT2D eigenvalue weighted by Crippen LogP contribution is 2.19. The lowest BCUT2D eigenvalue weighted by Crippen LogP contribution is -2.08. The van der Waals surface area contributed by atoms with E-state index in [1.807, 2.05) is 6.92 Å². The molecule has 0 atom stereocenters. The molecule has 19 heavy (non-hydrogen) atoms. The molecule has 0 amide bonds. The Hall–Kier alpha value is -1.88. The molecule has 0 aliphatic heterocycles. The highest BCUT2D eigenvalue weighted by Gasteiger charge is 2.09. The highest BCUT2D eigenvalue weighted by molar-refractivity contribution is 9.10. The summed E-state index contributed by atoms with van der Waals surface area (Å²) in [7, 11) is 0. The van der Waals surface area contributed by atoms with Crippen molar-refractivity contribution in [2.75, 3.05) is 6.61 Å². The van der Waals surface area contributed by atoms with Crippen molar-refractivity contribution in [2.45, 2.75) is 6.92 Å². The molecule has 0 radical (unpaired) electrons. The van der Waals surface area contributed by atoms with Crippen molar-refractivity contribution in [3.8, 4) is 11.5 Å². The molecular weight excluding hydrogens is 310 g/mol. The number of esters is 1. The fourth-order valence-corrected chi connectivity index (χ4v) is 1.82. The number of pyridine rings is 1. The van der Waals surface area contributed by atoms with Gasteiger partial charge in [0.15, 0.2) is 0 Å². The normalized spacial score (nSPS) is 10.0. The van der Waals surface area contributed by atoms with E-state index in [2.05, 4.69) is 20.9 Å². The van der Waals surface area contributed by atoms with Gasteiger partial charge in [-0.3, -0.25) is 4.98 Å². The molecule has 0 spiro atoms. The molecule has 0 saturated heterocycles. The van der Waals surface area contributed by atoms with E-state index in [4.69, 9.17) is 9.47 Å². The molecule has 1 aromatic carbocycles. The minimum atomic E-state index is -0.446. The van der Waals surface area contributed by atoms with Crippen molar-refractivity contribution >= 4 is 21.9 Å². The van der Waals surface area contributed by atoms with Crippen LogP contribution in [-0.2, 0) is 0 Å². The standard InChI is InChI=1S/C14H12BrNO3/c1-2-18-12-3-5-13(6-4-12)19-14(17)10-7-11(15)9-16-8-10/h3-9H,2H2,1H3. The zero-order valence-corrected chi connectivity index (χ0v) is 11.9. The quantitative estimate of drug-likeness (QED) is 0.639. The van der Waals surface area contributed by atoms with Gasteiger partial charge in [-0.1, -0.05) is 0 Å². The fourth-order valence-electron chi connectivity index (χ4n) is 1.46. The lowest BCUT2D eigenvalue weighted by molar-refractivity contribution is 0.0734. The van der Waals surface area contributed by atoms with E-state index < -0.39 is 5.97 Å². The number of rotatable bonds is 4. The van der Waals surface area contributed by atoms with Crippen LogP contribution in [0.4, 0.5) is 0 Å². The van der Waals surface area contributed by atoms with E-state index in [0.29, 0.717) is 17.9 Å². The first-order valence-corrected chi connectivity index (χ1v) is 6.54. The van der Waals surface area contributed by atoms with Gasteiger partial charge in [0.1, 0.15) is 11.5 Å². The van der Waals surface area contributed by atoms with Crippen LogP contribution in [0.5, 0.6) is 11.5 Å². The second kappa shape index (κ2) is 6.33. The number of carbonyl (C=O) groups excluding carboxylic acids is 1. The van der Waals surface area contributed by atoms with E-state index in [9.17, 15) is 4.79 Å². The Morgan fingerprint density at radius 1 is 1.21 bits per heavy atom. The predicted octanol–water partition coefficient (Wildman–Crippen LogP) is 3.46. The second-order valence-corrected chi connectivity index (χ2v) is 4.60. The Bertz CT molecular complexity index is 569. The van der Waals surface area contributed by atoms with Crippen LogP contribution in [0.15, 0.2) is 47.2 Å². The molecule has 0 N–H and O–H groups in total. The molecule has 5 heteroatoms. The summed E-state index contributed by atoms with van der Waals surface area (Å²) < 4.78 is 11.3. The van der Waals surface area contributed by atoms with Crippen LogP contribution < -0.4 is 9.47 Å². The van der Waals surface area contributed by atoms with Crippen LogP contribution in [-0.4, -0.2) is 17.6 Å². The van der Waals surface area contributed by atoms with Gasteiger partial charge in [0.25, 0.3) is 0 Å². The number of ether oxygens (including phenoxy) is 2. The van der Waals surface area contributed by atoms with Gasteiger partial charge in [-0.25, -0.2) is 4.79 Å². The van der Waals surface area contributed by atoms with Crippen LogP contribution in [0.3, 0.4) is 0 Å². The van der Waals surface area contributed by atoms with Crippen LogP contribution in [0.1, 0.15) is 17.3 Å². The summed E-state index contributed by atoms with van der Waals surface area (Å²) in [6, 6.07) is 8.54. The Balaban J connectivity index is 2.06. The minimum absolute atomic E-state index is 0.392. The maximum absolute atomic E-state index is 11.9. The van der Waals surface area contributed by atoms with E-state index in [1.165, 1.54) is 6.20 Å². The molecule has 0 bridgehead atoms. The molecule has 2 rings (SSSR count). The zero-order chi connectivity index (χ0) is 13.7. The lowest BCUT2D eigenvalue weighted by Gasteiger charge is -2.06. The zero-order valence-electron chi connectivity index (χ0n) is 10.3. The van der Waals surface area contributed by atoms with Crippen molar-refractivity contribution in [3.05, 3.63) is 52.8 Å². The minimum Gasteiger partial charge on any atom is -0.494 e. The van der Waals surface area contributed by atoms with Crippen LogP contribution in [0.25, 0.3) is 0 Å². The van der Waals surface area contributed by atoms with Gasteiger partial charge in [-0.2, -0.15) is 0 Å². The molecule has 0 aliphatic carbocycles.